The quantitative estimate of drug-likeness (QED) is 0.794. The second kappa shape index (κ2) is 6.54. The Hall–Kier alpha value is -1.46. The van der Waals surface area contributed by atoms with Gasteiger partial charge >= 0.3 is 0 Å². The molecule has 0 atom stereocenters. The summed E-state index contributed by atoms with van der Waals surface area (Å²) in [5.74, 6) is 2.37. The molecule has 0 amide bonds. The summed E-state index contributed by atoms with van der Waals surface area (Å²) in [5.41, 5.74) is 1.98. The molecule has 114 valence electrons. The highest BCUT2D eigenvalue weighted by atomic mass is 35.5. The van der Waals surface area contributed by atoms with Crippen molar-refractivity contribution in [1.29, 1.82) is 0 Å². The molecule has 0 unspecified atom stereocenters. The lowest BCUT2D eigenvalue weighted by Gasteiger charge is -2.31. The SMILES string of the molecule is CCOc1cccc2c1nc(CCCl)n2N1CCOCC1. The van der Waals surface area contributed by atoms with E-state index >= 15 is 0 Å². The van der Waals surface area contributed by atoms with Crippen molar-refractivity contribution in [3.63, 3.8) is 0 Å². The van der Waals surface area contributed by atoms with Crippen LogP contribution in [0.25, 0.3) is 11.0 Å². The van der Waals surface area contributed by atoms with E-state index in [0.717, 1.165) is 55.3 Å². The molecule has 2 heterocycles. The molecule has 2 aromatic rings. The number of hydrogen-bond acceptors (Lipinski definition) is 4. The maximum atomic E-state index is 5.95. The van der Waals surface area contributed by atoms with E-state index in [4.69, 9.17) is 26.1 Å². The first-order valence-electron chi connectivity index (χ1n) is 7.37. The van der Waals surface area contributed by atoms with E-state index in [2.05, 4.69) is 15.8 Å². The van der Waals surface area contributed by atoms with E-state index in [1.165, 1.54) is 0 Å². The van der Waals surface area contributed by atoms with Gasteiger partial charge in [0.15, 0.2) is 0 Å². The normalized spacial score (nSPS) is 15.6. The Kier molecular flexibility index (Phi) is 4.51. The molecule has 3 rings (SSSR count). The van der Waals surface area contributed by atoms with Crippen LogP contribution in [0.15, 0.2) is 18.2 Å². The second-order valence-corrected chi connectivity index (χ2v) is 5.28. The van der Waals surface area contributed by atoms with Crippen LogP contribution in [-0.4, -0.2) is 48.5 Å². The number of imidazole rings is 1. The van der Waals surface area contributed by atoms with Gasteiger partial charge in [0, 0.05) is 12.3 Å². The molecular formula is C15H20ClN3O2. The molecule has 0 aliphatic carbocycles. The number of ether oxygens (including phenoxy) is 2. The summed E-state index contributed by atoms with van der Waals surface area (Å²) in [6.45, 7) is 5.82. The van der Waals surface area contributed by atoms with E-state index < -0.39 is 0 Å². The largest absolute Gasteiger partial charge is 0.492 e. The van der Waals surface area contributed by atoms with Gasteiger partial charge in [0.2, 0.25) is 0 Å². The second-order valence-electron chi connectivity index (χ2n) is 4.90. The Morgan fingerprint density at radius 2 is 2.14 bits per heavy atom. The number of para-hydroxylation sites is 1. The number of fused-ring (bicyclic) bond motifs is 1. The fraction of sp³-hybridized carbons (Fsp3) is 0.533. The summed E-state index contributed by atoms with van der Waals surface area (Å²) < 4.78 is 13.3. The minimum Gasteiger partial charge on any atom is -0.492 e. The number of morpholine rings is 1. The number of rotatable bonds is 5. The summed E-state index contributed by atoms with van der Waals surface area (Å²) in [6.07, 6.45) is 0.735. The molecule has 5 nitrogen and oxygen atoms in total. The Bertz CT molecular complexity index is 608. The molecule has 1 aliphatic heterocycles. The van der Waals surface area contributed by atoms with Crippen LogP contribution in [0.5, 0.6) is 5.75 Å². The molecule has 1 aromatic heterocycles. The smallest absolute Gasteiger partial charge is 0.147 e. The molecule has 0 N–H and O–H groups in total. The number of nitrogens with zero attached hydrogens (tertiary/aromatic N) is 3. The summed E-state index contributed by atoms with van der Waals surface area (Å²) in [5, 5.41) is 2.27. The fourth-order valence-corrected chi connectivity index (χ4v) is 2.87. The van der Waals surface area contributed by atoms with Gasteiger partial charge in [0.25, 0.3) is 0 Å². The van der Waals surface area contributed by atoms with Gasteiger partial charge in [-0.3, -0.25) is 0 Å². The van der Waals surface area contributed by atoms with Crippen molar-refractivity contribution in [2.75, 3.05) is 43.8 Å². The van der Waals surface area contributed by atoms with Gasteiger partial charge < -0.3 is 14.5 Å². The zero-order chi connectivity index (χ0) is 14.7. The fourth-order valence-electron chi connectivity index (χ4n) is 2.70. The first-order valence-corrected chi connectivity index (χ1v) is 7.90. The number of aromatic nitrogens is 2. The van der Waals surface area contributed by atoms with Crippen molar-refractivity contribution in [3.05, 3.63) is 24.0 Å². The highest BCUT2D eigenvalue weighted by Crippen LogP contribution is 2.27. The highest BCUT2D eigenvalue weighted by molar-refractivity contribution is 6.17. The van der Waals surface area contributed by atoms with Crippen molar-refractivity contribution in [1.82, 2.24) is 9.66 Å². The van der Waals surface area contributed by atoms with Crippen molar-refractivity contribution in [2.24, 2.45) is 0 Å². The zero-order valence-corrected chi connectivity index (χ0v) is 13.0. The maximum Gasteiger partial charge on any atom is 0.147 e. The average Bonchev–Trinajstić information content (AvgIpc) is 2.88. The van der Waals surface area contributed by atoms with E-state index in [1.54, 1.807) is 0 Å². The summed E-state index contributed by atoms with van der Waals surface area (Å²) in [4.78, 5) is 4.77. The van der Waals surface area contributed by atoms with Crippen molar-refractivity contribution in [2.45, 2.75) is 13.3 Å². The molecule has 1 aliphatic rings. The van der Waals surface area contributed by atoms with Crippen molar-refractivity contribution in [3.8, 4) is 5.75 Å². The monoisotopic (exact) mass is 309 g/mol. The van der Waals surface area contributed by atoms with E-state index in [0.29, 0.717) is 12.5 Å². The van der Waals surface area contributed by atoms with Crippen LogP contribution in [0, 0.1) is 0 Å². The third-order valence-electron chi connectivity index (χ3n) is 3.58. The van der Waals surface area contributed by atoms with Crippen LogP contribution in [0.1, 0.15) is 12.7 Å². The van der Waals surface area contributed by atoms with Gasteiger partial charge in [-0.2, -0.15) is 0 Å². The van der Waals surface area contributed by atoms with Gasteiger partial charge in [-0.15, -0.1) is 11.6 Å². The summed E-state index contributed by atoms with van der Waals surface area (Å²) in [6, 6.07) is 6.06. The van der Waals surface area contributed by atoms with Crippen molar-refractivity contribution >= 4 is 22.6 Å². The van der Waals surface area contributed by atoms with Crippen LogP contribution >= 0.6 is 11.6 Å². The van der Waals surface area contributed by atoms with Crippen LogP contribution in [0.4, 0.5) is 0 Å². The molecule has 21 heavy (non-hydrogen) atoms. The third-order valence-corrected chi connectivity index (χ3v) is 3.77. The van der Waals surface area contributed by atoms with E-state index in [-0.39, 0.29) is 0 Å². The number of aryl methyl sites for hydroxylation is 1. The molecule has 1 fully saturated rings. The van der Waals surface area contributed by atoms with Crippen LogP contribution < -0.4 is 9.75 Å². The highest BCUT2D eigenvalue weighted by Gasteiger charge is 2.20. The summed E-state index contributed by atoms with van der Waals surface area (Å²) in [7, 11) is 0. The predicted octanol–water partition coefficient (Wildman–Crippen LogP) is 2.18. The Balaban J connectivity index is 2.10. The standard InChI is InChI=1S/C15H20ClN3O2/c1-2-21-13-5-3-4-12-15(13)17-14(6-7-16)19(12)18-8-10-20-11-9-18/h3-5H,2,6-11H2,1H3. The molecule has 0 radical (unpaired) electrons. The summed E-state index contributed by atoms with van der Waals surface area (Å²) >= 11 is 5.95. The van der Waals surface area contributed by atoms with Gasteiger partial charge in [-0.1, -0.05) is 6.07 Å². The zero-order valence-electron chi connectivity index (χ0n) is 12.2. The first-order chi connectivity index (χ1) is 10.3. The van der Waals surface area contributed by atoms with Gasteiger partial charge in [-0.25, -0.2) is 9.66 Å². The predicted molar refractivity (Wildman–Crippen MR) is 84.1 cm³/mol. The molecule has 0 saturated carbocycles. The lowest BCUT2D eigenvalue weighted by molar-refractivity contribution is 0.111. The molecule has 0 spiro atoms. The molecule has 1 saturated heterocycles. The minimum atomic E-state index is 0.553. The van der Waals surface area contributed by atoms with E-state index in [1.807, 2.05) is 19.1 Å². The Morgan fingerprint density at radius 3 is 2.86 bits per heavy atom. The van der Waals surface area contributed by atoms with Gasteiger partial charge in [-0.05, 0) is 19.1 Å². The lowest BCUT2D eigenvalue weighted by Crippen LogP contribution is -2.44. The van der Waals surface area contributed by atoms with Gasteiger partial charge in [0.1, 0.15) is 17.1 Å². The third kappa shape index (κ3) is 2.80. The first kappa shape index (κ1) is 14.5. The molecular weight excluding hydrogens is 290 g/mol. The van der Waals surface area contributed by atoms with Gasteiger partial charge in [0.05, 0.1) is 38.4 Å². The number of halogens is 1. The Labute approximate surface area is 129 Å². The molecule has 0 bridgehead atoms. The average molecular weight is 310 g/mol. The minimum absolute atomic E-state index is 0.553. The maximum absolute atomic E-state index is 5.95. The van der Waals surface area contributed by atoms with Crippen LogP contribution in [0.3, 0.4) is 0 Å². The molecule has 1 aromatic carbocycles. The lowest BCUT2D eigenvalue weighted by atomic mass is 10.3. The van der Waals surface area contributed by atoms with Crippen LogP contribution in [-0.2, 0) is 11.2 Å². The Morgan fingerprint density at radius 1 is 1.33 bits per heavy atom. The number of hydrogen-bond donors (Lipinski definition) is 0. The van der Waals surface area contributed by atoms with Crippen molar-refractivity contribution < 1.29 is 9.47 Å². The molecule has 6 heteroatoms. The van der Waals surface area contributed by atoms with E-state index in [9.17, 15) is 0 Å². The number of benzene rings is 1. The van der Waals surface area contributed by atoms with Crippen LogP contribution in [0.2, 0.25) is 0 Å². The topological polar surface area (TPSA) is 39.5 Å². The number of alkyl halides is 1.